The minimum atomic E-state index is -0.367. The molecule has 1 heterocycles. The van der Waals surface area contributed by atoms with Crippen LogP contribution in [0.1, 0.15) is 19.8 Å². The molecule has 1 aliphatic heterocycles. The van der Waals surface area contributed by atoms with Gasteiger partial charge < -0.3 is 4.74 Å². The van der Waals surface area contributed by atoms with Gasteiger partial charge in [-0.15, -0.1) is 0 Å². The quantitative estimate of drug-likeness (QED) is 0.914. The molecule has 0 atom stereocenters. The lowest BCUT2D eigenvalue weighted by Crippen LogP contribution is -2.49. The van der Waals surface area contributed by atoms with E-state index in [0.717, 1.165) is 29.0 Å². The van der Waals surface area contributed by atoms with Gasteiger partial charge in [-0.1, -0.05) is 31.2 Å². The Morgan fingerprint density at radius 1 is 1.08 bits per heavy atom. The molecule has 0 saturated carbocycles. The SMILES string of the molecule is CCCOc1cccc(-c2ccc(N3CCC(=O)NC3=O)cc2)c1. The summed E-state index contributed by atoms with van der Waals surface area (Å²) < 4.78 is 5.67. The number of hydrogen-bond donors (Lipinski definition) is 1. The summed E-state index contributed by atoms with van der Waals surface area (Å²) >= 11 is 0. The van der Waals surface area contributed by atoms with Crippen molar-refractivity contribution in [1.82, 2.24) is 5.32 Å². The van der Waals surface area contributed by atoms with E-state index in [9.17, 15) is 9.59 Å². The van der Waals surface area contributed by atoms with Crippen molar-refractivity contribution < 1.29 is 14.3 Å². The minimum Gasteiger partial charge on any atom is -0.494 e. The molecule has 1 aliphatic rings. The zero-order valence-electron chi connectivity index (χ0n) is 13.6. The molecule has 2 aromatic carbocycles. The van der Waals surface area contributed by atoms with Gasteiger partial charge in [0.25, 0.3) is 0 Å². The third kappa shape index (κ3) is 3.56. The Hall–Kier alpha value is -2.82. The Kier molecular flexibility index (Phi) is 4.79. The lowest BCUT2D eigenvalue weighted by Gasteiger charge is -2.26. The molecule has 3 rings (SSSR count). The fraction of sp³-hybridized carbons (Fsp3) is 0.263. The zero-order chi connectivity index (χ0) is 16.9. The molecule has 0 spiro atoms. The first kappa shape index (κ1) is 16.1. The first-order chi connectivity index (χ1) is 11.7. The molecule has 1 N–H and O–H groups in total. The molecule has 5 heteroatoms. The van der Waals surface area contributed by atoms with Crippen LogP contribution in [0.25, 0.3) is 11.1 Å². The summed E-state index contributed by atoms with van der Waals surface area (Å²) in [6, 6.07) is 15.3. The third-order valence-corrected chi connectivity index (χ3v) is 3.87. The Balaban J connectivity index is 1.77. The number of benzene rings is 2. The monoisotopic (exact) mass is 324 g/mol. The molecule has 2 aromatic rings. The summed E-state index contributed by atoms with van der Waals surface area (Å²) in [4.78, 5) is 24.7. The molecule has 0 bridgehead atoms. The predicted molar refractivity (Wildman–Crippen MR) is 93.2 cm³/mol. The summed E-state index contributed by atoms with van der Waals surface area (Å²) in [6.07, 6.45) is 1.30. The largest absolute Gasteiger partial charge is 0.494 e. The average Bonchev–Trinajstić information content (AvgIpc) is 2.60. The van der Waals surface area contributed by atoms with Crippen molar-refractivity contribution in [2.45, 2.75) is 19.8 Å². The number of carbonyl (C=O) groups is 2. The summed E-state index contributed by atoms with van der Waals surface area (Å²) in [5, 5.41) is 2.33. The maximum absolute atomic E-state index is 11.9. The van der Waals surface area contributed by atoms with E-state index in [1.165, 1.54) is 0 Å². The third-order valence-electron chi connectivity index (χ3n) is 3.87. The lowest BCUT2D eigenvalue weighted by atomic mass is 10.0. The second-order valence-electron chi connectivity index (χ2n) is 5.68. The van der Waals surface area contributed by atoms with Gasteiger partial charge in [0.1, 0.15) is 5.75 Å². The van der Waals surface area contributed by atoms with Crippen LogP contribution < -0.4 is 15.0 Å². The van der Waals surface area contributed by atoms with Gasteiger partial charge in [0.15, 0.2) is 0 Å². The van der Waals surface area contributed by atoms with Crippen molar-refractivity contribution in [3.63, 3.8) is 0 Å². The van der Waals surface area contributed by atoms with Gasteiger partial charge in [0, 0.05) is 18.7 Å². The lowest BCUT2D eigenvalue weighted by molar-refractivity contribution is -0.120. The highest BCUT2D eigenvalue weighted by molar-refractivity contribution is 6.05. The van der Waals surface area contributed by atoms with Gasteiger partial charge >= 0.3 is 6.03 Å². The molecule has 124 valence electrons. The van der Waals surface area contributed by atoms with E-state index in [-0.39, 0.29) is 11.9 Å². The Bertz CT molecular complexity index is 741. The van der Waals surface area contributed by atoms with Gasteiger partial charge in [0.05, 0.1) is 6.61 Å². The predicted octanol–water partition coefficient (Wildman–Crippen LogP) is 3.59. The highest BCUT2D eigenvalue weighted by Gasteiger charge is 2.23. The smallest absolute Gasteiger partial charge is 0.328 e. The van der Waals surface area contributed by atoms with Crippen LogP contribution in [0.4, 0.5) is 10.5 Å². The topological polar surface area (TPSA) is 58.6 Å². The molecule has 24 heavy (non-hydrogen) atoms. The van der Waals surface area contributed by atoms with Crippen molar-refractivity contribution >= 4 is 17.6 Å². The highest BCUT2D eigenvalue weighted by Crippen LogP contribution is 2.27. The number of rotatable bonds is 5. The van der Waals surface area contributed by atoms with E-state index >= 15 is 0 Å². The van der Waals surface area contributed by atoms with E-state index in [4.69, 9.17) is 4.74 Å². The van der Waals surface area contributed by atoms with Crippen molar-refractivity contribution in [3.05, 3.63) is 48.5 Å². The second kappa shape index (κ2) is 7.17. The molecule has 0 radical (unpaired) electrons. The Morgan fingerprint density at radius 2 is 1.88 bits per heavy atom. The maximum Gasteiger partial charge on any atom is 0.328 e. The van der Waals surface area contributed by atoms with Crippen LogP contribution in [-0.4, -0.2) is 25.1 Å². The van der Waals surface area contributed by atoms with Gasteiger partial charge in [-0.05, 0) is 41.8 Å². The van der Waals surface area contributed by atoms with E-state index in [1.807, 2.05) is 48.5 Å². The van der Waals surface area contributed by atoms with Crippen LogP contribution in [0.3, 0.4) is 0 Å². The maximum atomic E-state index is 11.9. The number of urea groups is 1. The first-order valence-electron chi connectivity index (χ1n) is 8.12. The fourth-order valence-electron chi connectivity index (χ4n) is 2.63. The highest BCUT2D eigenvalue weighted by atomic mass is 16.5. The molecular weight excluding hydrogens is 304 g/mol. The molecule has 1 fully saturated rings. The molecule has 1 saturated heterocycles. The number of hydrogen-bond acceptors (Lipinski definition) is 3. The van der Waals surface area contributed by atoms with Crippen LogP contribution in [0.2, 0.25) is 0 Å². The zero-order valence-corrected chi connectivity index (χ0v) is 13.6. The molecular formula is C19H20N2O3. The van der Waals surface area contributed by atoms with Crippen molar-refractivity contribution in [1.29, 1.82) is 0 Å². The summed E-state index contributed by atoms with van der Waals surface area (Å²) in [6.45, 7) is 3.18. The van der Waals surface area contributed by atoms with Gasteiger partial charge in [-0.3, -0.25) is 15.0 Å². The van der Waals surface area contributed by atoms with Crippen LogP contribution in [0, 0.1) is 0 Å². The average molecular weight is 324 g/mol. The molecule has 0 unspecified atom stereocenters. The molecule has 0 aromatic heterocycles. The molecule has 5 nitrogen and oxygen atoms in total. The fourth-order valence-corrected chi connectivity index (χ4v) is 2.63. The number of nitrogens with zero attached hydrogens (tertiary/aromatic N) is 1. The summed E-state index contributed by atoms with van der Waals surface area (Å²) in [5.74, 6) is 0.629. The van der Waals surface area contributed by atoms with Crippen LogP contribution in [0.15, 0.2) is 48.5 Å². The van der Waals surface area contributed by atoms with Gasteiger partial charge in [-0.25, -0.2) is 4.79 Å². The van der Waals surface area contributed by atoms with E-state index in [1.54, 1.807) is 4.90 Å². The summed E-state index contributed by atoms with van der Waals surface area (Å²) in [5.41, 5.74) is 2.89. The number of amides is 3. The van der Waals surface area contributed by atoms with Crippen LogP contribution >= 0.6 is 0 Å². The second-order valence-corrected chi connectivity index (χ2v) is 5.68. The Labute approximate surface area is 141 Å². The van der Waals surface area contributed by atoms with E-state index in [2.05, 4.69) is 12.2 Å². The standard InChI is InChI=1S/C19H20N2O3/c1-2-12-24-17-5-3-4-15(13-17)14-6-8-16(9-7-14)21-11-10-18(22)20-19(21)23/h3-9,13H,2,10-12H2,1H3,(H,20,22,23). The number of imide groups is 1. The number of ether oxygens (including phenoxy) is 1. The van der Waals surface area contributed by atoms with Gasteiger partial charge in [0.2, 0.25) is 5.91 Å². The normalized spacial score (nSPS) is 14.5. The molecule has 3 amide bonds. The minimum absolute atomic E-state index is 0.225. The number of carbonyl (C=O) groups excluding carboxylic acids is 2. The van der Waals surface area contributed by atoms with Crippen molar-refractivity contribution in [2.75, 3.05) is 18.1 Å². The van der Waals surface area contributed by atoms with E-state index in [0.29, 0.717) is 19.6 Å². The van der Waals surface area contributed by atoms with Crippen molar-refractivity contribution in [2.24, 2.45) is 0 Å². The number of anilines is 1. The van der Waals surface area contributed by atoms with E-state index < -0.39 is 0 Å². The summed E-state index contributed by atoms with van der Waals surface area (Å²) in [7, 11) is 0. The van der Waals surface area contributed by atoms with Crippen LogP contribution in [-0.2, 0) is 4.79 Å². The first-order valence-corrected chi connectivity index (χ1v) is 8.12. The molecule has 0 aliphatic carbocycles. The Morgan fingerprint density at radius 3 is 2.58 bits per heavy atom. The van der Waals surface area contributed by atoms with Crippen molar-refractivity contribution in [3.8, 4) is 16.9 Å². The van der Waals surface area contributed by atoms with Gasteiger partial charge in [-0.2, -0.15) is 0 Å². The van der Waals surface area contributed by atoms with Crippen LogP contribution in [0.5, 0.6) is 5.75 Å². The number of nitrogens with one attached hydrogen (secondary N) is 1.